The van der Waals surface area contributed by atoms with Gasteiger partial charge in [-0.05, 0) is 31.3 Å². The molecule has 0 aromatic heterocycles. The number of benzene rings is 1. The molecule has 0 heterocycles. The van der Waals surface area contributed by atoms with Crippen molar-refractivity contribution in [3.05, 3.63) is 29.3 Å². The van der Waals surface area contributed by atoms with Crippen molar-refractivity contribution in [2.45, 2.75) is 0 Å². The molecule has 1 N–H and O–H groups in total. The number of likely N-dealkylation sites (N-methyl/N-ethyl adjacent to an activating group) is 1. The lowest BCUT2D eigenvalue weighted by Crippen LogP contribution is -2.34. The van der Waals surface area contributed by atoms with E-state index in [4.69, 9.17) is 11.6 Å². The maximum Gasteiger partial charge on any atom is 0.319 e. The van der Waals surface area contributed by atoms with Crippen LogP contribution in [0.1, 0.15) is 0 Å². The molecule has 1 aromatic carbocycles. The number of ether oxygens (including phenoxy) is 1. The summed E-state index contributed by atoms with van der Waals surface area (Å²) in [5.74, 6) is -0.583. The average Bonchev–Trinajstić information content (AvgIpc) is 2.31. The topological polar surface area (TPSA) is 58.6 Å². The SMILES string of the molecule is COC(=O)CN(C)CC(=O)Nc1ccc(Cl)cc1. The maximum absolute atomic E-state index is 11.6. The molecule has 1 aromatic rings. The van der Waals surface area contributed by atoms with Crippen LogP contribution in [0, 0.1) is 0 Å². The summed E-state index contributed by atoms with van der Waals surface area (Å²) in [6.45, 7) is 0.183. The van der Waals surface area contributed by atoms with Gasteiger partial charge in [-0.15, -0.1) is 0 Å². The number of hydrogen-bond donors (Lipinski definition) is 1. The second kappa shape index (κ2) is 6.98. The third kappa shape index (κ3) is 5.16. The van der Waals surface area contributed by atoms with Gasteiger partial charge in [0.1, 0.15) is 0 Å². The summed E-state index contributed by atoms with van der Waals surface area (Å²) >= 11 is 5.73. The Labute approximate surface area is 111 Å². The summed E-state index contributed by atoms with van der Waals surface area (Å²) in [6.07, 6.45) is 0. The van der Waals surface area contributed by atoms with Gasteiger partial charge >= 0.3 is 5.97 Å². The fourth-order valence-electron chi connectivity index (χ4n) is 1.32. The van der Waals surface area contributed by atoms with Gasteiger partial charge in [0.15, 0.2) is 0 Å². The molecular weight excluding hydrogens is 256 g/mol. The Kier molecular flexibility index (Phi) is 5.61. The maximum atomic E-state index is 11.6. The summed E-state index contributed by atoms with van der Waals surface area (Å²) in [5, 5.41) is 3.31. The summed E-state index contributed by atoms with van der Waals surface area (Å²) in [5.41, 5.74) is 0.663. The van der Waals surface area contributed by atoms with Crippen LogP contribution < -0.4 is 5.32 Å². The number of rotatable bonds is 5. The van der Waals surface area contributed by atoms with E-state index in [1.807, 2.05) is 0 Å². The highest BCUT2D eigenvalue weighted by Gasteiger charge is 2.10. The van der Waals surface area contributed by atoms with E-state index in [1.165, 1.54) is 7.11 Å². The Morgan fingerprint density at radius 3 is 2.44 bits per heavy atom. The van der Waals surface area contributed by atoms with E-state index in [0.29, 0.717) is 10.7 Å². The van der Waals surface area contributed by atoms with Crippen LogP contribution in [0.2, 0.25) is 5.02 Å². The minimum atomic E-state index is -0.378. The lowest BCUT2D eigenvalue weighted by molar-refractivity contribution is -0.141. The van der Waals surface area contributed by atoms with Gasteiger partial charge in [0.05, 0.1) is 20.2 Å². The number of nitrogens with one attached hydrogen (secondary N) is 1. The van der Waals surface area contributed by atoms with Crippen LogP contribution in [0.5, 0.6) is 0 Å². The molecular formula is C12H15ClN2O3. The first-order valence-corrected chi connectivity index (χ1v) is 5.70. The van der Waals surface area contributed by atoms with Crippen molar-refractivity contribution in [3.8, 4) is 0 Å². The molecule has 0 atom stereocenters. The van der Waals surface area contributed by atoms with E-state index in [9.17, 15) is 9.59 Å². The second-order valence-electron chi connectivity index (χ2n) is 3.80. The standard InChI is InChI=1S/C12H15ClN2O3/c1-15(8-12(17)18-2)7-11(16)14-10-5-3-9(13)4-6-10/h3-6H,7-8H2,1-2H3,(H,14,16). The summed E-state index contributed by atoms with van der Waals surface area (Å²) in [4.78, 5) is 24.2. The minimum Gasteiger partial charge on any atom is -0.468 e. The predicted molar refractivity (Wildman–Crippen MR) is 69.6 cm³/mol. The Hall–Kier alpha value is -1.59. The fourth-order valence-corrected chi connectivity index (χ4v) is 1.45. The van der Waals surface area contributed by atoms with Gasteiger partial charge in [0.2, 0.25) is 5.91 Å². The van der Waals surface area contributed by atoms with Gasteiger partial charge in [-0.3, -0.25) is 14.5 Å². The minimum absolute atomic E-state index is 0.0739. The average molecular weight is 271 g/mol. The zero-order valence-corrected chi connectivity index (χ0v) is 11.0. The zero-order chi connectivity index (χ0) is 13.5. The molecule has 0 unspecified atom stereocenters. The number of methoxy groups -OCH3 is 1. The van der Waals surface area contributed by atoms with Gasteiger partial charge in [0, 0.05) is 10.7 Å². The molecule has 98 valence electrons. The molecule has 0 radical (unpaired) electrons. The van der Waals surface area contributed by atoms with Gasteiger partial charge in [-0.25, -0.2) is 0 Å². The van der Waals surface area contributed by atoms with Gasteiger partial charge < -0.3 is 10.1 Å². The van der Waals surface area contributed by atoms with Crippen LogP contribution in [-0.4, -0.2) is 44.0 Å². The first-order chi connectivity index (χ1) is 8.51. The van der Waals surface area contributed by atoms with Gasteiger partial charge in [-0.1, -0.05) is 11.6 Å². The summed E-state index contributed by atoms with van der Waals surface area (Å²) in [7, 11) is 2.97. The molecule has 0 aliphatic rings. The number of amides is 1. The third-order valence-corrected chi connectivity index (χ3v) is 2.42. The predicted octanol–water partition coefficient (Wildman–Crippen LogP) is 1.38. The molecule has 0 aliphatic heterocycles. The van der Waals surface area contributed by atoms with E-state index in [-0.39, 0.29) is 25.0 Å². The van der Waals surface area contributed by atoms with Crippen molar-refractivity contribution in [1.82, 2.24) is 4.90 Å². The van der Waals surface area contributed by atoms with E-state index < -0.39 is 0 Å². The molecule has 18 heavy (non-hydrogen) atoms. The Balaban J connectivity index is 2.41. The smallest absolute Gasteiger partial charge is 0.319 e. The van der Waals surface area contributed by atoms with E-state index in [0.717, 1.165) is 0 Å². The van der Waals surface area contributed by atoms with Crippen molar-refractivity contribution in [2.75, 3.05) is 32.6 Å². The molecule has 0 bridgehead atoms. The van der Waals surface area contributed by atoms with Crippen LogP contribution in [-0.2, 0) is 14.3 Å². The van der Waals surface area contributed by atoms with E-state index in [1.54, 1.807) is 36.2 Å². The second-order valence-corrected chi connectivity index (χ2v) is 4.24. The van der Waals surface area contributed by atoms with Crippen molar-refractivity contribution >= 4 is 29.2 Å². The lowest BCUT2D eigenvalue weighted by Gasteiger charge is -2.14. The molecule has 0 fully saturated rings. The van der Waals surface area contributed by atoms with Crippen LogP contribution in [0.3, 0.4) is 0 Å². The number of nitrogens with zero attached hydrogens (tertiary/aromatic N) is 1. The highest BCUT2D eigenvalue weighted by molar-refractivity contribution is 6.30. The van der Waals surface area contributed by atoms with Gasteiger partial charge in [-0.2, -0.15) is 0 Å². The normalized spacial score (nSPS) is 10.2. The van der Waals surface area contributed by atoms with E-state index in [2.05, 4.69) is 10.1 Å². The summed E-state index contributed by atoms with van der Waals surface area (Å²) < 4.78 is 4.51. The number of carbonyl (C=O) groups is 2. The van der Waals surface area contributed by atoms with Crippen molar-refractivity contribution in [1.29, 1.82) is 0 Å². The van der Waals surface area contributed by atoms with Crippen molar-refractivity contribution in [3.63, 3.8) is 0 Å². The molecule has 6 heteroatoms. The molecule has 1 amide bonds. The van der Waals surface area contributed by atoms with Crippen LogP contribution in [0.4, 0.5) is 5.69 Å². The summed E-state index contributed by atoms with van der Waals surface area (Å²) in [6, 6.07) is 6.80. The quantitative estimate of drug-likeness (QED) is 0.822. The molecule has 0 saturated heterocycles. The Morgan fingerprint density at radius 1 is 1.28 bits per heavy atom. The van der Waals surface area contributed by atoms with Crippen molar-refractivity contribution < 1.29 is 14.3 Å². The first kappa shape index (κ1) is 14.5. The number of anilines is 1. The highest BCUT2D eigenvalue weighted by atomic mass is 35.5. The number of carbonyl (C=O) groups excluding carboxylic acids is 2. The fraction of sp³-hybridized carbons (Fsp3) is 0.333. The van der Waals surface area contributed by atoms with Crippen LogP contribution in [0.25, 0.3) is 0 Å². The largest absolute Gasteiger partial charge is 0.468 e. The molecule has 0 aliphatic carbocycles. The van der Waals surface area contributed by atoms with E-state index >= 15 is 0 Å². The number of esters is 1. The van der Waals surface area contributed by atoms with Crippen molar-refractivity contribution in [2.24, 2.45) is 0 Å². The van der Waals surface area contributed by atoms with Crippen LogP contribution in [0.15, 0.2) is 24.3 Å². The number of halogens is 1. The van der Waals surface area contributed by atoms with Crippen LogP contribution >= 0.6 is 11.6 Å². The lowest BCUT2D eigenvalue weighted by atomic mass is 10.3. The zero-order valence-electron chi connectivity index (χ0n) is 10.3. The monoisotopic (exact) mass is 270 g/mol. The van der Waals surface area contributed by atoms with Gasteiger partial charge in [0.25, 0.3) is 0 Å². The Morgan fingerprint density at radius 2 is 1.89 bits per heavy atom. The highest BCUT2D eigenvalue weighted by Crippen LogP contribution is 2.13. The number of hydrogen-bond acceptors (Lipinski definition) is 4. The molecule has 5 nitrogen and oxygen atoms in total. The molecule has 1 rings (SSSR count). The third-order valence-electron chi connectivity index (χ3n) is 2.17. The Bertz CT molecular complexity index is 420. The molecule has 0 saturated carbocycles. The molecule has 0 spiro atoms. The first-order valence-electron chi connectivity index (χ1n) is 5.32.